The van der Waals surface area contributed by atoms with Crippen molar-refractivity contribution in [1.82, 2.24) is 0 Å². The Bertz CT molecular complexity index is 337. The van der Waals surface area contributed by atoms with Crippen molar-refractivity contribution in [1.29, 1.82) is 0 Å². The number of benzene rings is 1. The standard InChI is InChI=1S/C16H22/c1-3-4-14-7-11-16(12-8-14)15-9-5-13(2)6-10-15/h3-4,7-8,11-13,15H,5-6,9-10H2,1-2H3/b4-3+. The Balaban J connectivity index is 2.04. The highest BCUT2D eigenvalue weighted by atomic mass is 14.2. The maximum Gasteiger partial charge on any atom is -0.0162 e. The summed E-state index contributed by atoms with van der Waals surface area (Å²) in [6.07, 6.45) is 9.82. The monoisotopic (exact) mass is 214 g/mol. The summed E-state index contributed by atoms with van der Waals surface area (Å²) in [5, 5.41) is 0. The molecule has 16 heavy (non-hydrogen) atoms. The van der Waals surface area contributed by atoms with Gasteiger partial charge in [-0.05, 0) is 42.7 Å². The summed E-state index contributed by atoms with van der Waals surface area (Å²) in [4.78, 5) is 0. The minimum atomic E-state index is 0.816. The van der Waals surface area contributed by atoms with Crippen molar-refractivity contribution in [3.63, 3.8) is 0 Å². The summed E-state index contributed by atoms with van der Waals surface area (Å²) in [6, 6.07) is 9.12. The molecule has 0 unspecified atom stereocenters. The molecule has 0 heterocycles. The van der Waals surface area contributed by atoms with Crippen LogP contribution in [0.25, 0.3) is 6.08 Å². The zero-order valence-corrected chi connectivity index (χ0v) is 10.4. The van der Waals surface area contributed by atoms with Gasteiger partial charge in [0.2, 0.25) is 0 Å². The van der Waals surface area contributed by atoms with Crippen LogP contribution in [-0.2, 0) is 0 Å². The highest BCUT2D eigenvalue weighted by molar-refractivity contribution is 5.49. The molecule has 0 nitrogen and oxygen atoms in total. The molecule has 0 bridgehead atoms. The Morgan fingerprint density at radius 1 is 1.00 bits per heavy atom. The Labute approximate surface area is 99.4 Å². The second-order valence-electron chi connectivity index (χ2n) is 5.12. The molecule has 86 valence electrons. The highest BCUT2D eigenvalue weighted by Gasteiger charge is 2.19. The quantitative estimate of drug-likeness (QED) is 0.649. The van der Waals surface area contributed by atoms with E-state index < -0.39 is 0 Å². The molecule has 1 aromatic carbocycles. The molecule has 0 atom stereocenters. The van der Waals surface area contributed by atoms with Gasteiger partial charge in [0.15, 0.2) is 0 Å². The third-order valence-corrected chi connectivity index (χ3v) is 3.78. The van der Waals surface area contributed by atoms with Crippen LogP contribution in [0.4, 0.5) is 0 Å². The third-order valence-electron chi connectivity index (χ3n) is 3.78. The number of allylic oxidation sites excluding steroid dienone is 1. The third kappa shape index (κ3) is 2.75. The molecule has 2 rings (SSSR count). The van der Waals surface area contributed by atoms with E-state index in [2.05, 4.69) is 50.3 Å². The molecule has 0 spiro atoms. The Morgan fingerprint density at radius 2 is 1.62 bits per heavy atom. The Hall–Kier alpha value is -1.04. The van der Waals surface area contributed by atoms with Crippen LogP contribution in [-0.4, -0.2) is 0 Å². The normalized spacial score (nSPS) is 26.1. The fourth-order valence-corrected chi connectivity index (χ4v) is 2.67. The van der Waals surface area contributed by atoms with Gasteiger partial charge in [-0.25, -0.2) is 0 Å². The number of hydrogen-bond acceptors (Lipinski definition) is 0. The summed E-state index contributed by atoms with van der Waals surface area (Å²) in [5.74, 6) is 1.76. The molecular formula is C16H22. The molecule has 1 fully saturated rings. The van der Waals surface area contributed by atoms with E-state index in [4.69, 9.17) is 0 Å². The maximum absolute atomic E-state index is 2.38. The van der Waals surface area contributed by atoms with Crippen LogP contribution in [0, 0.1) is 5.92 Å². The summed E-state index contributed by atoms with van der Waals surface area (Å²) in [5.41, 5.74) is 2.86. The van der Waals surface area contributed by atoms with Crippen LogP contribution >= 0.6 is 0 Å². The summed E-state index contributed by atoms with van der Waals surface area (Å²) in [6.45, 7) is 4.45. The first-order chi connectivity index (χ1) is 7.79. The minimum absolute atomic E-state index is 0.816. The van der Waals surface area contributed by atoms with E-state index in [1.807, 2.05) is 0 Å². The molecule has 1 aromatic rings. The van der Waals surface area contributed by atoms with Crippen LogP contribution in [0.1, 0.15) is 56.6 Å². The van der Waals surface area contributed by atoms with E-state index in [0.717, 1.165) is 11.8 Å². The van der Waals surface area contributed by atoms with E-state index in [0.29, 0.717) is 0 Å². The molecule has 0 heteroatoms. The van der Waals surface area contributed by atoms with Gasteiger partial charge in [0, 0.05) is 0 Å². The molecule has 0 amide bonds. The first-order valence-electron chi connectivity index (χ1n) is 6.52. The topological polar surface area (TPSA) is 0 Å². The van der Waals surface area contributed by atoms with Crippen molar-refractivity contribution in [3.05, 3.63) is 41.5 Å². The number of rotatable bonds is 2. The lowest BCUT2D eigenvalue weighted by Crippen LogP contribution is -2.10. The van der Waals surface area contributed by atoms with Crippen LogP contribution in [0.3, 0.4) is 0 Å². The molecule has 1 aliphatic rings. The van der Waals surface area contributed by atoms with Gasteiger partial charge in [0.05, 0.1) is 0 Å². The van der Waals surface area contributed by atoms with Gasteiger partial charge in [0.1, 0.15) is 0 Å². The average molecular weight is 214 g/mol. The Kier molecular flexibility index (Phi) is 3.82. The molecule has 0 saturated heterocycles. The van der Waals surface area contributed by atoms with Crippen molar-refractivity contribution in [2.45, 2.75) is 45.4 Å². The van der Waals surface area contributed by atoms with Gasteiger partial charge in [-0.15, -0.1) is 0 Å². The fraction of sp³-hybridized carbons (Fsp3) is 0.500. The lowest BCUT2D eigenvalue weighted by atomic mass is 9.79. The first-order valence-corrected chi connectivity index (χ1v) is 6.52. The molecular weight excluding hydrogens is 192 g/mol. The first kappa shape index (κ1) is 11.4. The summed E-state index contributed by atoms with van der Waals surface area (Å²) < 4.78 is 0. The van der Waals surface area contributed by atoms with Crippen LogP contribution in [0.5, 0.6) is 0 Å². The second-order valence-corrected chi connectivity index (χ2v) is 5.12. The Morgan fingerprint density at radius 3 is 2.19 bits per heavy atom. The van der Waals surface area contributed by atoms with Crippen molar-refractivity contribution >= 4 is 6.08 Å². The molecule has 0 N–H and O–H groups in total. The predicted octanol–water partition coefficient (Wildman–Crippen LogP) is 5.01. The molecule has 0 aromatic heterocycles. The van der Waals surface area contributed by atoms with Gasteiger partial charge >= 0.3 is 0 Å². The van der Waals surface area contributed by atoms with Crippen molar-refractivity contribution in [3.8, 4) is 0 Å². The van der Waals surface area contributed by atoms with E-state index in [9.17, 15) is 0 Å². The van der Waals surface area contributed by atoms with E-state index in [1.54, 1.807) is 5.56 Å². The van der Waals surface area contributed by atoms with Crippen LogP contribution < -0.4 is 0 Å². The molecule has 1 saturated carbocycles. The lowest BCUT2D eigenvalue weighted by molar-refractivity contribution is 0.348. The molecule has 1 aliphatic carbocycles. The second kappa shape index (κ2) is 5.34. The van der Waals surface area contributed by atoms with Gasteiger partial charge in [0.25, 0.3) is 0 Å². The van der Waals surface area contributed by atoms with Crippen LogP contribution in [0.2, 0.25) is 0 Å². The minimum Gasteiger partial charge on any atom is -0.0871 e. The summed E-state index contributed by atoms with van der Waals surface area (Å²) in [7, 11) is 0. The van der Waals surface area contributed by atoms with Crippen molar-refractivity contribution < 1.29 is 0 Å². The molecule has 0 aliphatic heterocycles. The van der Waals surface area contributed by atoms with Gasteiger partial charge in [-0.2, -0.15) is 0 Å². The zero-order chi connectivity index (χ0) is 11.4. The summed E-state index contributed by atoms with van der Waals surface area (Å²) >= 11 is 0. The van der Waals surface area contributed by atoms with Crippen molar-refractivity contribution in [2.75, 3.05) is 0 Å². The predicted molar refractivity (Wildman–Crippen MR) is 71.5 cm³/mol. The highest BCUT2D eigenvalue weighted by Crippen LogP contribution is 2.35. The molecule has 0 radical (unpaired) electrons. The average Bonchev–Trinajstić information content (AvgIpc) is 2.32. The van der Waals surface area contributed by atoms with E-state index >= 15 is 0 Å². The van der Waals surface area contributed by atoms with Crippen LogP contribution in [0.15, 0.2) is 30.3 Å². The van der Waals surface area contributed by atoms with Gasteiger partial charge < -0.3 is 0 Å². The largest absolute Gasteiger partial charge is 0.0871 e. The number of hydrogen-bond donors (Lipinski definition) is 0. The lowest BCUT2D eigenvalue weighted by Gasteiger charge is -2.26. The fourth-order valence-electron chi connectivity index (χ4n) is 2.67. The maximum atomic E-state index is 2.38. The van der Waals surface area contributed by atoms with Gasteiger partial charge in [-0.3, -0.25) is 0 Å². The smallest absolute Gasteiger partial charge is 0.0162 e. The van der Waals surface area contributed by atoms with Gasteiger partial charge in [-0.1, -0.05) is 56.2 Å². The van der Waals surface area contributed by atoms with Crippen molar-refractivity contribution in [2.24, 2.45) is 5.92 Å². The zero-order valence-electron chi connectivity index (χ0n) is 10.4. The SMILES string of the molecule is C/C=C/c1ccc(C2CCC(C)CC2)cc1. The van der Waals surface area contributed by atoms with E-state index in [1.165, 1.54) is 31.2 Å². The van der Waals surface area contributed by atoms with E-state index in [-0.39, 0.29) is 0 Å².